The molecule has 0 amide bonds. The monoisotopic (exact) mass is 176 g/mol. The van der Waals surface area contributed by atoms with Gasteiger partial charge in [0, 0.05) is 12.4 Å². The lowest BCUT2D eigenvalue weighted by Gasteiger charge is -1.97. The van der Waals surface area contributed by atoms with Crippen molar-refractivity contribution in [3.8, 4) is 0 Å². The van der Waals surface area contributed by atoms with Gasteiger partial charge in [0.05, 0.1) is 17.3 Å². The first-order chi connectivity index (χ1) is 6.20. The number of hydrogen-bond donors (Lipinski definition) is 1. The average Bonchev–Trinajstić information content (AvgIpc) is 2.45. The van der Waals surface area contributed by atoms with Crippen molar-refractivity contribution in [3.05, 3.63) is 30.0 Å². The molecular weight excluding hydrogens is 164 g/mol. The van der Waals surface area contributed by atoms with E-state index in [4.69, 9.17) is 0 Å². The van der Waals surface area contributed by atoms with Crippen LogP contribution < -0.4 is 0 Å². The van der Waals surface area contributed by atoms with E-state index in [-0.39, 0.29) is 0 Å². The maximum Gasteiger partial charge on any atom is 0.0985 e. The number of fused-ring (bicyclic) bond motifs is 1. The largest absolute Gasteiger partial charge is 0.387 e. The van der Waals surface area contributed by atoms with E-state index >= 15 is 0 Å². The number of benzene rings is 1. The maximum absolute atomic E-state index is 9.46. The number of aromatic nitrogens is 2. The molecule has 1 heterocycles. The first kappa shape index (κ1) is 8.26. The Bertz CT molecular complexity index is 431. The summed E-state index contributed by atoms with van der Waals surface area (Å²) >= 11 is 0. The van der Waals surface area contributed by atoms with Gasteiger partial charge >= 0.3 is 0 Å². The fourth-order valence-corrected chi connectivity index (χ4v) is 1.55. The highest BCUT2D eigenvalue weighted by Crippen LogP contribution is 2.22. The summed E-state index contributed by atoms with van der Waals surface area (Å²) in [6.07, 6.45) is -0.508. The van der Waals surface area contributed by atoms with E-state index in [2.05, 4.69) is 5.10 Å². The van der Waals surface area contributed by atoms with Crippen molar-refractivity contribution in [1.29, 1.82) is 0 Å². The maximum atomic E-state index is 9.46. The molecule has 0 radical (unpaired) electrons. The molecule has 0 spiro atoms. The molecule has 0 unspecified atom stereocenters. The van der Waals surface area contributed by atoms with E-state index in [1.54, 1.807) is 11.6 Å². The fourth-order valence-electron chi connectivity index (χ4n) is 1.55. The molecule has 1 aromatic carbocycles. The molecule has 13 heavy (non-hydrogen) atoms. The van der Waals surface area contributed by atoms with Gasteiger partial charge in [0.1, 0.15) is 0 Å². The van der Waals surface area contributed by atoms with Crippen LogP contribution >= 0.6 is 0 Å². The van der Waals surface area contributed by atoms with Gasteiger partial charge < -0.3 is 5.11 Å². The predicted octanol–water partition coefficient (Wildman–Crippen LogP) is 1.63. The number of para-hydroxylation sites is 1. The van der Waals surface area contributed by atoms with Gasteiger partial charge in [0.25, 0.3) is 0 Å². The SMILES string of the molecule is C[C@H](O)c1nn(C)c2ccccc12. The van der Waals surface area contributed by atoms with Crippen molar-refractivity contribution in [2.45, 2.75) is 13.0 Å². The summed E-state index contributed by atoms with van der Waals surface area (Å²) in [6.45, 7) is 1.73. The van der Waals surface area contributed by atoms with Crippen LogP contribution in [0.3, 0.4) is 0 Å². The second-order valence-electron chi connectivity index (χ2n) is 3.20. The molecule has 0 saturated heterocycles. The van der Waals surface area contributed by atoms with E-state index in [9.17, 15) is 5.11 Å². The van der Waals surface area contributed by atoms with Crippen LogP contribution in [0.4, 0.5) is 0 Å². The van der Waals surface area contributed by atoms with Crippen LogP contribution in [0.5, 0.6) is 0 Å². The second-order valence-corrected chi connectivity index (χ2v) is 3.20. The normalized spacial score (nSPS) is 13.5. The minimum atomic E-state index is -0.508. The smallest absolute Gasteiger partial charge is 0.0985 e. The van der Waals surface area contributed by atoms with Crippen molar-refractivity contribution in [2.75, 3.05) is 0 Å². The zero-order chi connectivity index (χ0) is 9.42. The minimum Gasteiger partial charge on any atom is -0.387 e. The molecule has 0 fully saturated rings. The molecule has 0 aliphatic heterocycles. The third-order valence-corrected chi connectivity index (χ3v) is 2.18. The molecule has 2 aromatic rings. The Balaban J connectivity index is 2.78. The van der Waals surface area contributed by atoms with Crippen LogP contribution in [0.25, 0.3) is 10.9 Å². The molecule has 1 aromatic heterocycles. The van der Waals surface area contributed by atoms with Gasteiger partial charge in [-0.15, -0.1) is 0 Å². The Hall–Kier alpha value is -1.35. The second kappa shape index (κ2) is 2.85. The summed E-state index contributed by atoms with van der Waals surface area (Å²) in [7, 11) is 1.88. The van der Waals surface area contributed by atoms with Gasteiger partial charge in [-0.05, 0) is 13.0 Å². The van der Waals surface area contributed by atoms with Crippen LogP contribution in [0, 0.1) is 0 Å². The summed E-state index contributed by atoms with van der Waals surface area (Å²) in [5.41, 5.74) is 1.80. The van der Waals surface area contributed by atoms with Crippen molar-refractivity contribution >= 4 is 10.9 Å². The van der Waals surface area contributed by atoms with Crippen LogP contribution in [-0.2, 0) is 7.05 Å². The molecule has 0 aliphatic rings. The van der Waals surface area contributed by atoms with Gasteiger partial charge in [-0.25, -0.2) is 0 Å². The third kappa shape index (κ3) is 1.21. The summed E-state index contributed by atoms with van der Waals surface area (Å²) in [5.74, 6) is 0. The van der Waals surface area contributed by atoms with E-state index in [0.717, 1.165) is 16.6 Å². The molecule has 0 saturated carbocycles. The Morgan fingerprint density at radius 3 is 2.77 bits per heavy atom. The number of rotatable bonds is 1. The Labute approximate surface area is 76.6 Å². The van der Waals surface area contributed by atoms with Crippen LogP contribution in [0.15, 0.2) is 24.3 Å². The summed E-state index contributed by atoms with van der Waals surface area (Å²) in [6, 6.07) is 7.89. The number of aliphatic hydroxyl groups excluding tert-OH is 1. The third-order valence-electron chi connectivity index (χ3n) is 2.18. The van der Waals surface area contributed by atoms with Crippen LogP contribution in [-0.4, -0.2) is 14.9 Å². The predicted molar refractivity (Wildman–Crippen MR) is 51.3 cm³/mol. The summed E-state index contributed by atoms with van der Waals surface area (Å²) in [5, 5.41) is 14.7. The molecule has 3 nitrogen and oxygen atoms in total. The van der Waals surface area contributed by atoms with Gasteiger partial charge in [0.15, 0.2) is 0 Å². The number of nitrogens with zero attached hydrogens (tertiary/aromatic N) is 2. The van der Waals surface area contributed by atoms with Gasteiger partial charge in [-0.1, -0.05) is 18.2 Å². The van der Waals surface area contributed by atoms with Crippen LogP contribution in [0.2, 0.25) is 0 Å². The molecule has 1 atom stereocenters. The minimum absolute atomic E-state index is 0.508. The van der Waals surface area contributed by atoms with Gasteiger partial charge in [-0.2, -0.15) is 5.10 Å². The molecule has 3 heteroatoms. The van der Waals surface area contributed by atoms with Crippen molar-refractivity contribution < 1.29 is 5.11 Å². The average molecular weight is 176 g/mol. The number of hydrogen-bond acceptors (Lipinski definition) is 2. The molecule has 0 bridgehead atoms. The number of aliphatic hydroxyl groups is 1. The van der Waals surface area contributed by atoms with E-state index in [1.165, 1.54) is 0 Å². The van der Waals surface area contributed by atoms with E-state index in [1.807, 2.05) is 31.3 Å². The standard InChI is InChI=1S/C10H12N2O/c1-7(13)10-8-5-3-4-6-9(8)12(2)11-10/h3-7,13H,1-2H3/t7-/m0/s1. The lowest BCUT2D eigenvalue weighted by Crippen LogP contribution is -1.95. The zero-order valence-corrected chi connectivity index (χ0v) is 7.73. The fraction of sp³-hybridized carbons (Fsp3) is 0.300. The van der Waals surface area contributed by atoms with Gasteiger partial charge in [-0.3, -0.25) is 4.68 Å². The summed E-state index contributed by atoms with van der Waals surface area (Å²) in [4.78, 5) is 0. The first-order valence-corrected chi connectivity index (χ1v) is 4.30. The van der Waals surface area contributed by atoms with Crippen molar-refractivity contribution in [1.82, 2.24) is 9.78 Å². The quantitative estimate of drug-likeness (QED) is 0.717. The molecule has 2 rings (SSSR count). The molecule has 0 aliphatic carbocycles. The molecular formula is C10H12N2O. The molecule has 1 N–H and O–H groups in total. The zero-order valence-electron chi connectivity index (χ0n) is 7.73. The van der Waals surface area contributed by atoms with E-state index in [0.29, 0.717) is 0 Å². The van der Waals surface area contributed by atoms with Gasteiger partial charge in [0.2, 0.25) is 0 Å². The van der Waals surface area contributed by atoms with E-state index < -0.39 is 6.10 Å². The highest BCUT2D eigenvalue weighted by Gasteiger charge is 2.11. The number of aryl methyl sites for hydroxylation is 1. The topological polar surface area (TPSA) is 38.1 Å². The Kier molecular flexibility index (Phi) is 1.81. The highest BCUT2D eigenvalue weighted by atomic mass is 16.3. The Morgan fingerprint density at radius 2 is 2.08 bits per heavy atom. The van der Waals surface area contributed by atoms with Crippen molar-refractivity contribution in [3.63, 3.8) is 0 Å². The lowest BCUT2D eigenvalue weighted by molar-refractivity contribution is 0.195. The van der Waals surface area contributed by atoms with Crippen LogP contribution in [0.1, 0.15) is 18.7 Å². The van der Waals surface area contributed by atoms with Crippen molar-refractivity contribution in [2.24, 2.45) is 7.05 Å². The lowest BCUT2D eigenvalue weighted by atomic mass is 10.1. The summed E-state index contributed by atoms with van der Waals surface area (Å²) < 4.78 is 1.79. The highest BCUT2D eigenvalue weighted by molar-refractivity contribution is 5.82. The molecule has 68 valence electrons. The first-order valence-electron chi connectivity index (χ1n) is 4.30. The Morgan fingerprint density at radius 1 is 1.38 bits per heavy atom.